The summed E-state index contributed by atoms with van der Waals surface area (Å²) < 4.78 is 0. The number of rotatable bonds is 3. The van der Waals surface area contributed by atoms with Gasteiger partial charge in [0.05, 0.1) is 0 Å². The minimum Gasteiger partial charge on any atom is -0.507 e. The van der Waals surface area contributed by atoms with E-state index in [9.17, 15) is 0 Å². The van der Waals surface area contributed by atoms with Gasteiger partial charge in [-0.1, -0.05) is 0 Å². The Morgan fingerprint density at radius 1 is 1.64 bits per heavy atom. The topological polar surface area (TPSA) is 66.5 Å². The molecule has 1 aromatic heterocycles. The summed E-state index contributed by atoms with van der Waals surface area (Å²) in [5.41, 5.74) is 5.66. The minimum absolute atomic E-state index is 0.0832. The van der Waals surface area contributed by atoms with Gasteiger partial charge in [0.25, 0.3) is 0 Å². The van der Waals surface area contributed by atoms with E-state index in [-0.39, 0.29) is 18.4 Å². The highest BCUT2D eigenvalue weighted by molar-refractivity contribution is 7.10. The monoisotopic (exact) mass is 173 g/mol. The first-order valence-corrected chi connectivity index (χ1v) is 4.26. The fourth-order valence-electron chi connectivity index (χ4n) is 0.818. The zero-order chi connectivity index (χ0) is 8.27. The second-order valence-corrected chi connectivity index (χ2v) is 3.27. The molecule has 0 aliphatic rings. The lowest BCUT2D eigenvalue weighted by atomic mass is 10.2. The summed E-state index contributed by atoms with van der Waals surface area (Å²) in [6.07, 6.45) is 0.542. The molecular formula is C7H11NO2S. The van der Waals surface area contributed by atoms with Gasteiger partial charge in [0.15, 0.2) is 0 Å². The maximum absolute atomic E-state index is 8.96. The van der Waals surface area contributed by atoms with Crippen LogP contribution >= 0.6 is 11.3 Å². The van der Waals surface area contributed by atoms with Gasteiger partial charge in [-0.15, -0.1) is 11.3 Å². The Morgan fingerprint density at radius 3 is 2.82 bits per heavy atom. The van der Waals surface area contributed by atoms with E-state index < -0.39 is 0 Å². The molecule has 1 atom stereocenters. The van der Waals surface area contributed by atoms with Crippen LogP contribution in [0.3, 0.4) is 0 Å². The lowest BCUT2D eigenvalue weighted by Gasteiger charge is -2.05. The van der Waals surface area contributed by atoms with Gasteiger partial charge >= 0.3 is 0 Å². The van der Waals surface area contributed by atoms with E-state index in [0.717, 1.165) is 4.88 Å². The molecule has 0 aliphatic heterocycles. The highest BCUT2D eigenvalue weighted by atomic mass is 32.1. The van der Waals surface area contributed by atoms with Crippen LogP contribution in [0.2, 0.25) is 0 Å². The van der Waals surface area contributed by atoms with E-state index in [1.165, 1.54) is 11.3 Å². The van der Waals surface area contributed by atoms with E-state index >= 15 is 0 Å². The molecule has 11 heavy (non-hydrogen) atoms. The molecule has 1 aromatic rings. The van der Waals surface area contributed by atoms with Gasteiger partial charge in [-0.3, -0.25) is 0 Å². The van der Waals surface area contributed by atoms with Crippen LogP contribution in [0.5, 0.6) is 5.75 Å². The normalized spacial score (nSPS) is 13.3. The molecule has 0 fully saturated rings. The highest BCUT2D eigenvalue weighted by Gasteiger charge is 2.07. The fourth-order valence-corrected chi connectivity index (χ4v) is 1.62. The van der Waals surface area contributed by atoms with Gasteiger partial charge in [-0.05, 0) is 12.5 Å². The molecule has 0 saturated heterocycles. The highest BCUT2D eigenvalue weighted by Crippen LogP contribution is 2.25. The Kier molecular flexibility index (Phi) is 2.87. The van der Waals surface area contributed by atoms with Crippen molar-refractivity contribution in [3.8, 4) is 5.75 Å². The SMILES string of the molecule is N[C@H](CCO)c1cc(O)cs1. The third kappa shape index (κ3) is 2.18. The molecule has 1 heterocycles. The van der Waals surface area contributed by atoms with E-state index in [2.05, 4.69) is 0 Å². The standard InChI is InChI=1S/C7H11NO2S/c8-6(1-2-9)7-3-5(10)4-11-7/h3-4,6,9-10H,1-2,8H2/t6-/m1/s1. The summed E-state index contributed by atoms with van der Waals surface area (Å²) in [5, 5.41) is 19.2. The molecule has 0 unspecified atom stereocenters. The van der Waals surface area contributed by atoms with Gasteiger partial charge in [-0.25, -0.2) is 0 Å². The molecule has 4 N–H and O–H groups in total. The summed E-state index contributed by atoms with van der Waals surface area (Å²) in [5.74, 6) is 0.249. The number of hydrogen-bond donors (Lipinski definition) is 3. The van der Waals surface area contributed by atoms with Crippen LogP contribution in [-0.2, 0) is 0 Å². The lowest BCUT2D eigenvalue weighted by molar-refractivity contribution is 0.277. The van der Waals surface area contributed by atoms with Crippen molar-refractivity contribution in [3.05, 3.63) is 16.3 Å². The molecule has 0 bridgehead atoms. The van der Waals surface area contributed by atoms with Gasteiger partial charge in [0.1, 0.15) is 5.75 Å². The van der Waals surface area contributed by atoms with E-state index in [1.807, 2.05) is 0 Å². The van der Waals surface area contributed by atoms with Crippen molar-refractivity contribution in [3.63, 3.8) is 0 Å². The van der Waals surface area contributed by atoms with E-state index in [1.54, 1.807) is 11.4 Å². The molecule has 0 saturated carbocycles. The van der Waals surface area contributed by atoms with Crippen LogP contribution in [-0.4, -0.2) is 16.8 Å². The van der Waals surface area contributed by atoms with Crippen LogP contribution in [0.15, 0.2) is 11.4 Å². The van der Waals surface area contributed by atoms with Crippen molar-refractivity contribution in [2.24, 2.45) is 5.73 Å². The van der Waals surface area contributed by atoms with Crippen molar-refractivity contribution in [2.75, 3.05) is 6.61 Å². The molecule has 0 aromatic carbocycles. The Hall–Kier alpha value is -0.580. The maximum atomic E-state index is 8.96. The largest absolute Gasteiger partial charge is 0.507 e. The first-order valence-electron chi connectivity index (χ1n) is 3.38. The van der Waals surface area contributed by atoms with Crippen molar-refractivity contribution in [1.29, 1.82) is 0 Å². The average Bonchev–Trinajstić information content (AvgIpc) is 2.36. The van der Waals surface area contributed by atoms with Gasteiger partial charge < -0.3 is 15.9 Å². The van der Waals surface area contributed by atoms with Crippen molar-refractivity contribution in [2.45, 2.75) is 12.5 Å². The van der Waals surface area contributed by atoms with Crippen LogP contribution in [0.1, 0.15) is 17.3 Å². The van der Waals surface area contributed by atoms with Gasteiger partial charge in [0.2, 0.25) is 0 Å². The molecule has 4 heteroatoms. The molecule has 0 spiro atoms. The van der Waals surface area contributed by atoms with E-state index in [0.29, 0.717) is 6.42 Å². The smallest absolute Gasteiger partial charge is 0.126 e. The van der Waals surface area contributed by atoms with Crippen molar-refractivity contribution in [1.82, 2.24) is 0 Å². The lowest BCUT2D eigenvalue weighted by Crippen LogP contribution is -2.09. The first kappa shape index (κ1) is 8.52. The summed E-state index contributed by atoms with van der Waals surface area (Å²) in [4.78, 5) is 0.913. The molecule has 1 rings (SSSR count). The number of aromatic hydroxyl groups is 1. The molecular weight excluding hydrogens is 162 g/mol. The Bertz CT molecular complexity index is 224. The second-order valence-electron chi connectivity index (χ2n) is 2.33. The maximum Gasteiger partial charge on any atom is 0.126 e. The third-order valence-electron chi connectivity index (χ3n) is 1.41. The molecule has 62 valence electrons. The summed E-state index contributed by atoms with van der Waals surface area (Å²) in [7, 11) is 0. The zero-order valence-corrected chi connectivity index (χ0v) is 6.84. The quantitative estimate of drug-likeness (QED) is 0.634. The predicted octanol–water partition coefficient (Wildman–Crippen LogP) is 0.836. The summed E-state index contributed by atoms with van der Waals surface area (Å²) in [6, 6.07) is 1.48. The predicted molar refractivity (Wildman–Crippen MR) is 44.6 cm³/mol. The van der Waals surface area contributed by atoms with Crippen LogP contribution < -0.4 is 5.73 Å². The third-order valence-corrected chi connectivity index (χ3v) is 2.46. The number of aliphatic hydroxyl groups excluding tert-OH is 1. The number of aliphatic hydroxyl groups is 1. The molecule has 0 amide bonds. The van der Waals surface area contributed by atoms with Gasteiger partial charge in [0, 0.05) is 22.9 Å². The molecule has 0 aliphatic carbocycles. The average molecular weight is 173 g/mol. The number of hydrogen-bond acceptors (Lipinski definition) is 4. The number of nitrogens with two attached hydrogens (primary N) is 1. The molecule has 3 nitrogen and oxygen atoms in total. The van der Waals surface area contributed by atoms with Crippen molar-refractivity contribution < 1.29 is 10.2 Å². The Morgan fingerprint density at radius 2 is 2.36 bits per heavy atom. The van der Waals surface area contributed by atoms with Crippen LogP contribution in [0.4, 0.5) is 0 Å². The number of thiophene rings is 1. The van der Waals surface area contributed by atoms with Crippen LogP contribution in [0, 0.1) is 0 Å². The molecule has 0 radical (unpaired) electrons. The first-order chi connectivity index (χ1) is 5.24. The van der Waals surface area contributed by atoms with Gasteiger partial charge in [-0.2, -0.15) is 0 Å². The Balaban J connectivity index is 2.60. The zero-order valence-electron chi connectivity index (χ0n) is 6.03. The van der Waals surface area contributed by atoms with Crippen molar-refractivity contribution >= 4 is 11.3 Å². The van der Waals surface area contributed by atoms with E-state index in [4.69, 9.17) is 15.9 Å². The summed E-state index contributed by atoms with van der Waals surface area (Å²) in [6.45, 7) is 0.0832. The van der Waals surface area contributed by atoms with Crippen LogP contribution in [0.25, 0.3) is 0 Å². The Labute approximate surface area is 69.1 Å². The second kappa shape index (κ2) is 3.71. The summed E-state index contributed by atoms with van der Waals surface area (Å²) >= 11 is 1.41. The fraction of sp³-hybridized carbons (Fsp3) is 0.429. The minimum atomic E-state index is -0.147.